The lowest BCUT2D eigenvalue weighted by Crippen LogP contribution is -2.37. The van der Waals surface area contributed by atoms with Crippen LogP contribution < -0.4 is 78.6 Å². The van der Waals surface area contributed by atoms with Gasteiger partial charge in [-0.15, -0.1) is 23.7 Å². The van der Waals surface area contributed by atoms with Gasteiger partial charge in [-0.1, -0.05) is 110 Å². The Bertz CT molecular complexity index is 7020. The second-order valence-corrected chi connectivity index (χ2v) is 26.8. The molecule has 41 nitrogen and oxygen atoms in total. The van der Waals surface area contributed by atoms with Crippen molar-refractivity contribution in [1.82, 2.24) is 55.2 Å². The van der Waals surface area contributed by atoms with Crippen LogP contribution in [0, 0.1) is 0 Å². The lowest BCUT2D eigenvalue weighted by Gasteiger charge is -2.17. The van der Waals surface area contributed by atoms with Crippen LogP contribution in [-0.2, 0) is 56.1 Å². The summed E-state index contributed by atoms with van der Waals surface area (Å²) in [5.41, 5.74) is -8.47. The maximum absolute atomic E-state index is 13.2. The molecule has 0 unspecified atom stereocenters. The maximum Gasteiger partial charge on any atom is 0.416 e. The number of amides is 5. The quantitative estimate of drug-likeness (QED) is 0.0235. The number of hydrogen-bond donors (Lipinski definition) is 15. The van der Waals surface area contributed by atoms with Crippen LogP contribution in [0.15, 0.2) is 231 Å². The minimum atomic E-state index is -4.65. The van der Waals surface area contributed by atoms with Crippen LogP contribution in [0.5, 0.6) is 28.7 Å². The third-order valence-electron chi connectivity index (χ3n) is 18.1. The number of para-hydroxylation sites is 5. The summed E-state index contributed by atoms with van der Waals surface area (Å²) in [6.45, 7) is -1.20. The van der Waals surface area contributed by atoms with Crippen LogP contribution in [-0.4, -0.2) is 186 Å². The Morgan fingerprint density at radius 3 is 0.925 bits per heavy atom. The summed E-state index contributed by atoms with van der Waals surface area (Å²) in [6, 6.07) is 44.5. The number of aromatic nitrogens is 6. The van der Waals surface area contributed by atoms with Crippen molar-refractivity contribution in [3.63, 3.8) is 0 Å². The highest BCUT2D eigenvalue weighted by Gasteiger charge is 2.35. The van der Waals surface area contributed by atoms with Gasteiger partial charge in [0, 0.05) is 38.7 Å². The average Bonchev–Trinajstić information content (AvgIpc) is 0.790. The normalized spacial score (nSPS) is 10.8. The number of hydrogen-bond acceptors (Lipinski definition) is 26. The van der Waals surface area contributed by atoms with Crippen molar-refractivity contribution < 1.29 is 150 Å². The first kappa shape index (κ1) is 98.5. The number of carbonyl (C=O) groups is 10. The van der Waals surface area contributed by atoms with Crippen LogP contribution in [0.25, 0.3) is 54.5 Å². The molecule has 47 heteroatoms. The molecule has 7 aromatic carbocycles. The fraction of sp³-hybridized carbons (Fsp3) is 0.140. The summed E-state index contributed by atoms with van der Waals surface area (Å²) in [6.07, 6.45) is -6.16. The first-order valence-corrected chi connectivity index (χ1v) is 37.9. The number of carboxylic acids is 5. The number of alkyl halides is 6. The number of carboxylic acid groups (broad SMARTS) is 5. The highest BCUT2D eigenvalue weighted by atomic mass is 19.4. The van der Waals surface area contributed by atoms with E-state index in [2.05, 4.69) is 16.9 Å². The van der Waals surface area contributed by atoms with E-state index >= 15 is 0 Å². The van der Waals surface area contributed by atoms with Crippen LogP contribution in [0.1, 0.15) is 79.7 Å². The molecule has 13 aromatic rings. The highest BCUT2D eigenvalue weighted by molar-refractivity contribution is 6.07. The van der Waals surface area contributed by atoms with Crippen LogP contribution >= 0.6 is 0 Å². The molecule has 133 heavy (non-hydrogen) atoms. The van der Waals surface area contributed by atoms with Crippen LogP contribution in [0.2, 0.25) is 0 Å². The van der Waals surface area contributed by atoms with Crippen molar-refractivity contribution in [2.45, 2.75) is 32.2 Å². The van der Waals surface area contributed by atoms with E-state index in [4.69, 9.17) is 49.7 Å². The molecule has 0 radical (unpaired) electrons. The van der Waals surface area contributed by atoms with Gasteiger partial charge in [-0.3, -0.25) is 76.9 Å². The van der Waals surface area contributed by atoms with Gasteiger partial charge in [-0.05, 0) is 96.6 Å². The van der Waals surface area contributed by atoms with Crippen molar-refractivity contribution in [1.29, 1.82) is 0 Å². The average molecular weight is 1850 g/mol. The summed E-state index contributed by atoms with van der Waals surface area (Å²) in [7, 11) is 1.24. The number of aromatic hydroxyl groups is 5. The molecule has 0 saturated heterocycles. The molecule has 13 rings (SSSR count). The molecule has 5 amide bonds. The lowest BCUT2D eigenvalue weighted by molar-refractivity contribution is -0.139. The summed E-state index contributed by atoms with van der Waals surface area (Å²) in [5.74, 6) is -14.8. The van der Waals surface area contributed by atoms with Gasteiger partial charge in [-0.2, -0.15) is 26.3 Å². The molecule has 0 aliphatic carbocycles. The maximum atomic E-state index is 13.2. The van der Waals surface area contributed by atoms with E-state index in [0.29, 0.717) is 16.0 Å². The first-order valence-electron chi connectivity index (χ1n) is 37.9. The van der Waals surface area contributed by atoms with Crippen molar-refractivity contribution in [3.05, 3.63) is 314 Å². The van der Waals surface area contributed by atoms with E-state index in [1.807, 2.05) is 21.3 Å². The molecule has 0 atom stereocenters. The van der Waals surface area contributed by atoms with Gasteiger partial charge in [0.1, 0.15) is 94.0 Å². The van der Waals surface area contributed by atoms with Gasteiger partial charge in [0.05, 0.1) is 44.4 Å². The second kappa shape index (κ2) is 43.8. The Morgan fingerprint density at radius 1 is 0.353 bits per heavy atom. The second-order valence-electron chi connectivity index (χ2n) is 26.8. The molecule has 0 aliphatic rings. The monoisotopic (exact) mass is 1850 g/mol. The highest BCUT2D eigenvalue weighted by Crippen LogP contribution is 2.35. The smallest absolute Gasteiger partial charge is 0.416 e. The molecule has 0 spiro atoms. The lowest BCUT2D eigenvalue weighted by atomic mass is 10.1. The van der Waals surface area contributed by atoms with E-state index in [-0.39, 0.29) is 79.9 Å². The Labute approximate surface area is 737 Å². The summed E-state index contributed by atoms with van der Waals surface area (Å²) in [5, 5.41) is 106. The topological polar surface area (TPSA) is 602 Å². The number of halogens is 6. The van der Waals surface area contributed by atoms with Crippen molar-refractivity contribution >= 4 is 114 Å². The van der Waals surface area contributed by atoms with Crippen molar-refractivity contribution in [2.24, 2.45) is 0 Å². The number of benzene rings is 7. The predicted molar refractivity (Wildman–Crippen MR) is 451 cm³/mol. The third-order valence-corrected chi connectivity index (χ3v) is 18.1. The molecular weight excluding hydrogens is 1780 g/mol. The summed E-state index contributed by atoms with van der Waals surface area (Å²) >= 11 is 0. The molecule has 0 saturated carbocycles. The van der Waals surface area contributed by atoms with Gasteiger partial charge in [-0.25, -0.2) is 0 Å². The number of fused-ring (bicyclic) bond motifs is 5. The predicted octanol–water partition coefficient (Wildman–Crippen LogP) is 4.60. The molecule has 692 valence electrons. The Balaban J connectivity index is 0.000000188. The first-order chi connectivity index (χ1) is 63.1. The summed E-state index contributed by atoms with van der Waals surface area (Å²) in [4.78, 5) is 207. The van der Waals surface area contributed by atoms with E-state index < -0.39 is 207 Å². The standard InChI is InChI=1S/2C20H15F3N2O6.C18H15N3O6.C15H14N2O6.C13H12N2O6/c21-20(22,23)13-7-3-1-5-11(13)10-31-25-14-8-4-2-6-12(14)17(28)16(19(25)30)18(29)24-9-15(26)27;21-20(22,23)12-7-5-11(6-8-12)10-31-25-14-4-2-1-3-13(14)17(28)16(19(25)30)18(29)24-9-15(26)27;22-14(23)9-20-17(25)15-16(24)12-6-1-2-7-13(12)21(18(15)26)27-10-11-5-3-4-8-19-11;1-2-7-23-17-10-6-4-3-5-9(10)13(20)12(15(17)22)14(21)16-8-11(18)19;1-21-15-8-5-3-2-4-7(8)11(18)10(13(15)20)12(19)14-6-9(16)17/h2*1-8,28H,9-10H2,(H,24,29)(H,26,27);1-8,24H,9-10H2,(H,20,25)(H,22,23);2-6,20H,1,7-8H2,(H,16,21)(H,18,19);2-5,18H,6H2,1H3,(H,14,19)(H,16,17). The third kappa shape index (κ3) is 23.9. The zero-order valence-electron chi connectivity index (χ0n) is 68.2. The van der Waals surface area contributed by atoms with Crippen LogP contribution in [0.3, 0.4) is 0 Å². The Kier molecular flexibility index (Phi) is 32.4. The summed E-state index contributed by atoms with van der Waals surface area (Å²) < 4.78 is 81.7. The number of nitrogens with zero attached hydrogens (tertiary/aromatic N) is 6. The van der Waals surface area contributed by atoms with Crippen LogP contribution in [0.4, 0.5) is 26.3 Å². The number of nitrogens with one attached hydrogen (secondary N) is 5. The molecule has 6 aromatic heterocycles. The van der Waals surface area contributed by atoms with E-state index in [0.717, 1.165) is 37.1 Å². The zero-order valence-corrected chi connectivity index (χ0v) is 68.2. The molecule has 0 bridgehead atoms. The van der Waals surface area contributed by atoms with Crippen molar-refractivity contribution in [3.8, 4) is 28.7 Å². The largest absolute Gasteiger partial charge is 0.506 e. The molecular formula is C86H71F6N11O30. The van der Waals surface area contributed by atoms with E-state index in [9.17, 15) is 124 Å². The fourth-order valence-electron chi connectivity index (χ4n) is 12.2. The minimum absolute atomic E-state index is 0.00396. The SMILES string of the molecule is C=CCOn1c(=O)c(C(=O)NCC(=O)O)c(O)c2ccccc21.COn1c(=O)c(C(=O)NCC(=O)O)c(O)c2ccccc21.O=C(O)CNC(=O)c1c(O)c2ccccc2n(OCc2ccc(C(F)(F)F)cc2)c1=O.O=C(O)CNC(=O)c1c(O)c2ccccc2n(OCc2ccccc2C(F)(F)F)c1=O.O=C(O)CNC(=O)c1c(O)c2ccccc2n(OCc2ccccn2)c1=O. The number of rotatable bonds is 28. The number of pyridine rings is 6. The molecule has 6 heterocycles. The number of carbonyl (C=O) groups excluding carboxylic acids is 5. The molecule has 0 aliphatic heterocycles. The Hall–Kier alpha value is -18.2. The molecule has 15 N–H and O–H groups in total. The van der Waals surface area contributed by atoms with E-state index in [1.165, 1.54) is 104 Å². The molecule has 0 fully saturated rings. The zero-order chi connectivity index (χ0) is 97.5. The number of aliphatic carboxylic acids is 5. The fourth-order valence-corrected chi connectivity index (χ4v) is 12.2. The van der Waals surface area contributed by atoms with Gasteiger partial charge in [0.15, 0.2) is 28.9 Å². The van der Waals surface area contributed by atoms with Gasteiger partial charge in [0.25, 0.3) is 57.3 Å². The minimum Gasteiger partial charge on any atom is -0.506 e. The van der Waals surface area contributed by atoms with Gasteiger partial charge < -0.3 is 102 Å². The Morgan fingerprint density at radius 2 is 0.632 bits per heavy atom. The van der Waals surface area contributed by atoms with E-state index in [1.54, 1.807) is 85.1 Å². The van der Waals surface area contributed by atoms with Gasteiger partial charge >= 0.3 is 42.2 Å². The van der Waals surface area contributed by atoms with Crippen molar-refractivity contribution in [2.75, 3.05) is 46.4 Å². The van der Waals surface area contributed by atoms with Gasteiger partial charge in [0.2, 0.25) is 0 Å².